The van der Waals surface area contributed by atoms with Crippen molar-refractivity contribution < 1.29 is 4.74 Å². The van der Waals surface area contributed by atoms with Gasteiger partial charge in [-0.15, -0.1) is 11.3 Å². The van der Waals surface area contributed by atoms with Crippen LogP contribution in [-0.4, -0.2) is 41.3 Å². The highest BCUT2D eigenvalue weighted by Crippen LogP contribution is 2.40. The van der Waals surface area contributed by atoms with E-state index in [1.165, 1.54) is 0 Å². The van der Waals surface area contributed by atoms with Crippen molar-refractivity contribution in [2.45, 2.75) is 19.8 Å². The Hall–Kier alpha value is -2.77. The highest BCUT2D eigenvalue weighted by Gasteiger charge is 2.41. The molecule has 2 aliphatic heterocycles. The van der Waals surface area contributed by atoms with Gasteiger partial charge in [0.1, 0.15) is 5.69 Å². The maximum absolute atomic E-state index is 13.0. The average Bonchev–Trinajstić information content (AvgIpc) is 3.21. The molecular formula is C23H22N4O2S. The number of nitrogens with one attached hydrogen (secondary N) is 1. The van der Waals surface area contributed by atoms with E-state index in [4.69, 9.17) is 9.72 Å². The van der Waals surface area contributed by atoms with Crippen LogP contribution >= 0.6 is 11.3 Å². The number of rotatable bonds is 2. The second-order valence-electron chi connectivity index (χ2n) is 8.58. The van der Waals surface area contributed by atoms with Gasteiger partial charge >= 0.3 is 0 Å². The smallest absolute Gasteiger partial charge is 0.259 e. The van der Waals surface area contributed by atoms with Gasteiger partial charge in [-0.1, -0.05) is 0 Å². The molecule has 0 radical (unpaired) electrons. The topological polar surface area (TPSA) is 71.1 Å². The minimum absolute atomic E-state index is 0.118. The number of anilines is 1. The predicted molar refractivity (Wildman–Crippen MR) is 120 cm³/mol. The third-order valence-electron chi connectivity index (χ3n) is 6.57. The summed E-state index contributed by atoms with van der Waals surface area (Å²) in [5, 5.41) is 3.79. The molecule has 30 heavy (non-hydrogen) atoms. The fourth-order valence-electron chi connectivity index (χ4n) is 4.62. The monoisotopic (exact) mass is 418 g/mol. The summed E-state index contributed by atoms with van der Waals surface area (Å²) in [6.07, 6.45) is 4.13. The van der Waals surface area contributed by atoms with E-state index in [9.17, 15) is 4.79 Å². The molecule has 0 atom stereocenters. The first-order valence-corrected chi connectivity index (χ1v) is 11.2. The van der Waals surface area contributed by atoms with Crippen molar-refractivity contribution in [2.24, 2.45) is 5.41 Å². The lowest BCUT2D eigenvalue weighted by molar-refractivity contribution is -0.124. The van der Waals surface area contributed by atoms with Gasteiger partial charge in [0.2, 0.25) is 0 Å². The molecule has 6 rings (SSSR count). The summed E-state index contributed by atoms with van der Waals surface area (Å²) in [6, 6.07) is 8.18. The number of pyridine rings is 1. The van der Waals surface area contributed by atoms with Crippen molar-refractivity contribution in [1.29, 1.82) is 0 Å². The number of H-pyrrole nitrogens is 1. The van der Waals surface area contributed by atoms with Gasteiger partial charge in [-0.25, -0.2) is 4.98 Å². The van der Waals surface area contributed by atoms with Crippen LogP contribution in [0.2, 0.25) is 0 Å². The SMILES string of the molecule is Cc1cc(N2CCC3(CC2)COC3)cc2c(=O)[nH]c(-c3cc4ccsc4cn3)nc12. The lowest BCUT2D eigenvalue weighted by Gasteiger charge is -2.47. The number of piperidine rings is 1. The van der Waals surface area contributed by atoms with Gasteiger partial charge in [-0.05, 0) is 60.4 Å². The Morgan fingerprint density at radius 2 is 2.03 bits per heavy atom. The molecule has 3 aromatic heterocycles. The molecule has 0 bridgehead atoms. The molecule has 1 N–H and O–H groups in total. The van der Waals surface area contributed by atoms with Gasteiger partial charge < -0.3 is 14.6 Å². The van der Waals surface area contributed by atoms with Crippen LogP contribution < -0.4 is 10.5 Å². The number of ether oxygens (including phenoxy) is 1. The molecule has 5 heterocycles. The third-order valence-corrected chi connectivity index (χ3v) is 7.44. The van der Waals surface area contributed by atoms with Gasteiger partial charge in [0.05, 0.1) is 28.8 Å². The van der Waals surface area contributed by atoms with E-state index < -0.39 is 0 Å². The molecule has 1 spiro atoms. The van der Waals surface area contributed by atoms with Crippen molar-refractivity contribution in [3.63, 3.8) is 0 Å². The lowest BCUT2D eigenvalue weighted by atomic mass is 9.77. The van der Waals surface area contributed by atoms with Crippen LogP contribution in [0.3, 0.4) is 0 Å². The van der Waals surface area contributed by atoms with E-state index >= 15 is 0 Å². The van der Waals surface area contributed by atoms with Gasteiger partial charge in [0, 0.05) is 30.4 Å². The Labute approximate surface area is 177 Å². The average molecular weight is 419 g/mol. The first kappa shape index (κ1) is 18.0. The van der Waals surface area contributed by atoms with Crippen molar-refractivity contribution in [1.82, 2.24) is 15.0 Å². The van der Waals surface area contributed by atoms with E-state index in [0.29, 0.717) is 22.3 Å². The molecule has 0 unspecified atom stereocenters. The van der Waals surface area contributed by atoms with E-state index in [2.05, 4.69) is 27.0 Å². The number of aromatic nitrogens is 3. The first-order valence-electron chi connectivity index (χ1n) is 10.3. The molecule has 0 amide bonds. The predicted octanol–water partition coefficient (Wildman–Crippen LogP) is 4.13. The molecule has 1 aromatic carbocycles. The number of thiophene rings is 1. The fourth-order valence-corrected chi connectivity index (χ4v) is 5.35. The standard InChI is InChI=1S/C23H22N4O2S/c1-14-8-16(27-5-3-23(4-6-27)12-29-13-23)10-17-20(14)25-21(26-22(17)28)18-9-15-2-7-30-19(15)11-24-18/h2,7-11H,3-6,12-13H2,1H3,(H,25,26,28). The zero-order chi connectivity index (χ0) is 20.3. The Morgan fingerprint density at radius 1 is 1.20 bits per heavy atom. The summed E-state index contributed by atoms with van der Waals surface area (Å²) in [5.74, 6) is 0.515. The van der Waals surface area contributed by atoms with E-state index in [1.807, 2.05) is 30.6 Å². The van der Waals surface area contributed by atoms with Crippen LogP contribution in [0, 0.1) is 12.3 Å². The Morgan fingerprint density at radius 3 is 2.80 bits per heavy atom. The number of benzene rings is 1. The van der Waals surface area contributed by atoms with Gasteiger partial charge in [0.15, 0.2) is 5.82 Å². The molecule has 6 nitrogen and oxygen atoms in total. The van der Waals surface area contributed by atoms with Crippen molar-refractivity contribution in [3.05, 3.63) is 51.8 Å². The normalized spacial score (nSPS) is 18.2. The summed E-state index contributed by atoms with van der Waals surface area (Å²) in [4.78, 5) is 27.6. The molecule has 4 aromatic rings. The molecule has 152 valence electrons. The van der Waals surface area contributed by atoms with Gasteiger partial charge in [0.25, 0.3) is 5.56 Å². The lowest BCUT2D eigenvalue weighted by Crippen LogP contribution is -2.51. The van der Waals surface area contributed by atoms with Crippen LogP contribution in [-0.2, 0) is 4.74 Å². The molecule has 2 aliphatic rings. The summed E-state index contributed by atoms with van der Waals surface area (Å²) in [7, 11) is 0. The van der Waals surface area contributed by atoms with Crippen molar-refractivity contribution in [3.8, 4) is 11.5 Å². The number of fused-ring (bicyclic) bond motifs is 2. The number of aryl methyl sites for hydroxylation is 1. The van der Waals surface area contributed by atoms with E-state index in [-0.39, 0.29) is 5.56 Å². The Balaban J connectivity index is 1.38. The van der Waals surface area contributed by atoms with Gasteiger partial charge in [-0.3, -0.25) is 9.78 Å². The third kappa shape index (κ3) is 2.84. The Kier molecular flexibility index (Phi) is 3.98. The second-order valence-corrected chi connectivity index (χ2v) is 9.53. The molecule has 2 saturated heterocycles. The minimum Gasteiger partial charge on any atom is -0.380 e. The maximum atomic E-state index is 13.0. The molecule has 2 fully saturated rings. The summed E-state index contributed by atoms with van der Waals surface area (Å²) in [6.45, 7) is 5.83. The second kappa shape index (κ2) is 6.62. The van der Waals surface area contributed by atoms with Crippen molar-refractivity contribution in [2.75, 3.05) is 31.2 Å². The quantitative estimate of drug-likeness (QED) is 0.530. The molecule has 7 heteroatoms. The molecule has 0 aliphatic carbocycles. The zero-order valence-corrected chi connectivity index (χ0v) is 17.6. The first-order chi connectivity index (χ1) is 14.6. The van der Waals surface area contributed by atoms with E-state index in [1.54, 1.807) is 11.3 Å². The summed E-state index contributed by atoms with van der Waals surface area (Å²) >= 11 is 1.65. The number of hydrogen-bond donors (Lipinski definition) is 1. The molecule has 0 saturated carbocycles. The summed E-state index contributed by atoms with van der Waals surface area (Å²) < 4.78 is 6.56. The Bertz CT molecular complexity index is 1330. The number of hydrogen-bond acceptors (Lipinski definition) is 6. The van der Waals surface area contributed by atoms with Crippen LogP contribution in [0.5, 0.6) is 0 Å². The van der Waals surface area contributed by atoms with E-state index in [0.717, 1.165) is 66.0 Å². The van der Waals surface area contributed by atoms with Gasteiger partial charge in [-0.2, -0.15) is 0 Å². The van der Waals surface area contributed by atoms with Crippen LogP contribution in [0.25, 0.3) is 32.5 Å². The molecular weight excluding hydrogens is 396 g/mol. The number of aromatic amines is 1. The van der Waals surface area contributed by atoms with Crippen LogP contribution in [0.4, 0.5) is 5.69 Å². The minimum atomic E-state index is -0.118. The van der Waals surface area contributed by atoms with Crippen LogP contribution in [0.15, 0.2) is 40.6 Å². The largest absolute Gasteiger partial charge is 0.380 e. The van der Waals surface area contributed by atoms with Crippen molar-refractivity contribution >= 4 is 38.0 Å². The van der Waals surface area contributed by atoms with Crippen LogP contribution in [0.1, 0.15) is 18.4 Å². The fraction of sp³-hybridized carbons (Fsp3) is 0.348. The zero-order valence-electron chi connectivity index (χ0n) is 16.8. The highest BCUT2D eigenvalue weighted by molar-refractivity contribution is 7.17. The summed E-state index contributed by atoms with van der Waals surface area (Å²) in [5.41, 5.74) is 3.82. The maximum Gasteiger partial charge on any atom is 0.259 e. The highest BCUT2D eigenvalue weighted by atomic mass is 32.1. The number of nitrogens with zero attached hydrogens (tertiary/aromatic N) is 3.